The summed E-state index contributed by atoms with van der Waals surface area (Å²) in [7, 11) is -0.185. The molecule has 0 aliphatic carbocycles. The summed E-state index contributed by atoms with van der Waals surface area (Å²) in [5, 5.41) is 5.13. The Kier molecular flexibility index (Phi) is 9.17. The Labute approximate surface area is 268 Å². The Morgan fingerprint density at radius 3 is 2.32 bits per heavy atom. The summed E-state index contributed by atoms with van der Waals surface area (Å²) >= 11 is 0. The molecule has 0 aliphatic rings. The monoisotopic (exact) mass is 661 g/mol. The third-order valence-electron chi connectivity index (χ3n) is 7.30. The topological polar surface area (TPSA) is 138 Å². The molecule has 0 radical (unpaired) electrons. The fourth-order valence-electron chi connectivity index (χ4n) is 5.04. The van der Waals surface area contributed by atoms with Gasteiger partial charge in [0.05, 0.1) is 23.7 Å². The van der Waals surface area contributed by atoms with Crippen LogP contribution in [0.5, 0.6) is 11.5 Å². The summed E-state index contributed by atoms with van der Waals surface area (Å²) in [5.74, 6) is -1.14. The molecule has 14 heteroatoms. The molecule has 0 unspecified atom stereocenters. The molecular weight excluding hydrogens is 632 g/mol. The highest BCUT2D eigenvalue weighted by Crippen LogP contribution is 2.37. The van der Waals surface area contributed by atoms with Gasteiger partial charge in [0.1, 0.15) is 17.1 Å². The van der Waals surface area contributed by atoms with E-state index in [9.17, 15) is 22.4 Å². The number of rotatable bonds is 7. The van der Waals surface area contributed by atoms with E-state index >= 15 is 4.39 Å². The maximum atomic E-state index is 15.4. The molecule has 0 aliphatic heterocycles. The number of aryl methyl sites for hydroxylation is 1. The Morgan fingerprint density at radius 2 is 1.68 bits per heavy atom. The first-order chi connectivity index (χ1) is 22.2. The molecule has 6 aromatic rings. The molecule has 11 nitrogen and oxygen atoms in total. The number of Topliss-reactive ketones (excluding diaryl/α,β-unsaturated/α-hetero) is 1. The van der Waals surface area contributed by atoms with Gasteiger partial charge in [-0.2, -0.15) is 13.5 Å². The van der Waals surface area contributed by atoms with Crippen molar-refractivity contribution < 1.29 is 31.3 Å². The Bertz CT molecular complexity index is 2270. The largest absolute Gasteiger partial charge is 0.454 e. The van der Waals surface area contributed by atoms with Crippen LogP contribution in [0.25, 0.3) is 27.7 Å². The molecule has 47 heavy (non-hydrogen) atoms. The van der Waals surface area contributed by atoms with Crippen LogP contribution in [0.1, 0.15) is 21.6 Å². The maximum absolute atomic E-state index is 15.4. The van der Waals surface area contributed by atoms with E-state index in [0.717, 1.165) is 22.0 Å². The average molecular weight is 662 g/mol. The molecule has 0 saturated heterocycles. The van der Waals surface area contributed by atoms with Crippen molar-refractivity contribution in [1.29, 1.82) is 0 Å². The second-order valence-electron chi connectivity index (χ2n) is 10.7. The number of aromatic nitrogens is 5. The van der Waals surface area contributed by atoms with Gasteiger partial charge < -0.3 is 4.74 Å². The summed E-state index contributed by atoms with van der Waals surface area (Å²) in [4.78, 5) is 30.7. The van der Waals surface area contributed by atoms with Crippen LogP contribution in [-0.4, -0.2) is 49.1 Å². The zero-order valence-corrected chi connectivity index (χ0v) is 26.5. The van der Waals surface area contributed by atoms with Crippen LogP contribution in [0.4, 0.5) is 8.78 Å². The van der Waals surface area contributed by atoms with Crippen molar-refractivity contribution in [2.75, 3.05) is 6.26 Å². The number of nitrogens with zero attached hydrogens (tertiary/aromatic N) is 5. The van der Waals surface area contributed by atoms with Crippen LogP contribution in [0.2, 0.25) is 0 Å². The van der Waals surface area contributed by atoms with Crippen molar-refractivity contribution in [3.05, 3.63) is 124 Å². The van der Waals surface area contributed by atoms with E-state index in [4.69, 9.17) is 9.29 Å². The summed E-state index contributed by atoms with van der Waals surface area (Å²) in [6, 6.07) is 17.1. The van der Waals surface area contributed by atoms with Crippen LogP contribution in [-0.2, 0) is 30.6 Å². The number of carbonyl (C=O) groups excluding carboxylic acids is 1. The second-order valence-corrected chi connectivity index (χ2v) is 12.2. The molecular formula is C33H29F2N5O6S. The van der Waals surface area contributed by atoms with Crippen LogP contribution < -0.4 is 10.3 Å². The van der Waals surface area contributed by atoms with Crippen LogP contribution in [0.15, 0.2) is 90.1 Å². The fourth-order valence-corrected chi connectivity index (χ4v) is 5.04. The van der Waals surface area contributed by atoms with E-state index in [1.165, 1.54) is 41.1 Å². The SMILES string of the molecule is CS(=O)(=O)O.Cc1c(C(=O)Cc2ccc(Oc3cc4cnn(C)c4cc3-c3cccnc3)c(F)c2)c(=O)n(-c2ccc(F)cc2)n1C. The number of carbonyl (C=O) groups is 1. The molecule has 0 atom stereocenters. The van der Waals surface area contributed by atoms with E-state index in [1.807, 2.05) is 25.2 Å². The van der Waals surface area contributed by atoms with Gasteiger partial charge >= 0.3 is 0 Å². The molecule has 0 amide bonds. The molecule has 6 rings (SSSR count). The highest BCUT2D eigenvalue weighted by Gasteiger charge is 2.23. The lowest BCUT2D eigenvalue weighted by molar-refractivity contribution is 0.0991. The normalized spacial score (nSPS) is 11.3. The first-order valence-electron chi connectivity index (χ1n) is 14.0. The number of fused-ring (bicyclic) bond motifs is 1. The molecule has 0 saturated carbocycles. The number of ketones is 1. The molecule has 3 heterocycles. The van der Waals surface area contributed by atoms with Gasteiger partial charge in [-0.1, -0.05) is 12.1 Å². The predicted molar refractivity (Wildman–Crippen MR) is 172 cm³/mol. The molecule has 242 valence electrons. The lowest BCUT2D eigenvalue weighted by Gasteiger charge is -2.13. The lowest BCUT2D eigenvalue weighted by Crippen LogP contribution is -2.23. The van der Waals surface area contributed by atoms with Crippen molar-refractivity contribution in [3.63, 3.8) is 0 Å². The van der Waals surface area contributed by atoms with Gasteiger partial charge in [-0.15, -0.1) is 0 Å². The van der Waals surface area contributed by atoms with Gasteiger partial charge in [0, 0.05) is 55.1 Å². The zero-order chi connectivity index (χ0) is 34.0. The van der Waals surface area contributed by atoms with Gasteiger partial charge in [-0.25, -0.2) is 13.5 Å². The van der Waals surface area contributed by atoms with Gasteiger partial charge in [-0.3, -0.25) is 28.5 Å². The fraction of sp³-hybridized carbons (Fsp3) is 0.152. The first-order valence-corrected chi connectivity index (χ1v) is 15.9. The Morgan fingerprint density at radius 1 is 0.979 bits per heavy atom. The van der Waals surface area contributed by atoms with Gasteiger partial charge in [-0.05, 0) is 67.1 Å². The summed E-state index contributed by atoms with van der Waals surface area (Å²) in [6.07, 6.45) is 5.60. The number of halogens is 2. The van der Waals surface area contributed by atoms with Gasteiger partial charge in [0.15, 0.2) is 17.3 Å². The van der Waals surface area contributed by atoms with Crippen molar-refractivity contribution in [3.8, 4) is 28.3 Å². The number of hydrogen-bond acceptors (Lipinski definition) is 7. The number of ether oxygens (including phenoxy) is 1. The molecule has 0 bridgehead atoms. The minimum absolute atomic E-state index is 0.00607. The van der Waals surface area contributed by atoms with Crippen LogP contribution in [0, 0.1) is 18.6 Å². The third kappa shape index (κ3) is 7.34. The van der Waals surface area contributed by atoms with E-state index in [1.54, 1.807) is 54.1 Å². The van der Waals surface area contributed by atoms with Gasteiger partial charge in [0.25, 0.3) is 15.7 Å². The van der Waals surface area contributed by atoms with Crippen LogP contribution >= 0.6 is 0 Å². The quantitative estimate of drug-likeness (QED) is 0.177. The molecule has 1 N–H and O–H groups in total. The smallest absolute Gasteiger partial charge is 0.282 e. The minimum atomic E-state index is -3.67. The molecule has 3 aromatic heterocycles. The van der Waals surface area contributed by atoms with Crippen LogP contribution in [0.3, 0.4) is 0 Å². The molecule has 0 fully saturated rings. The average Bonchev–Trinajstić information content (AvgIpc) is 3.48. The Balaban J connectivity index is 0.000000807. The van der Waals surface area contributed by atoms with E-state index in [-0.39, 0.29) is 17.7 Å². The third-order valence-corrected chi connectivity index (χ3v) is 7.30. The van der Waals surface area contributed by atoms with E-state index in [2.05, 4.69) is 10.1 Å². The van der Waals surface area contributed by atoms with Crippen molar-refractivity contribution in [2.24, 2.45) is 14.1 Å². The lowest BCUT2D eigenvalue weighted by atomic mass is 10.0. The number of hydrogen-bond donors (Lipinski definition) is 1. The molecule has 3 aromatic carbocycles. The van der Waals surface area contributed by atoms with Gasteiger partial charge in [0.2, 0.25) is 0 Å². The van der Waals surface area contributed by atoms with Crippen molar-refractivity contribution >= 4 is 26.8 Å². The second kappa shape index (κ2) is 13.1. The minimum Gasteiger partial charge on any atom is -0.454 e. The maximum Gasteiger partial charge on any atom is 0.282 e. The first kappa shape index (κ1) is 32.9. The summed E-state index contributed by atoms with van der Waals surface area (Å²) in [6.45, 7) is 1.66. The number of benzene rings is 3. The zero-order valence-electron chi connectivity index (χ0n) is 25.7. The van der Waals surface area contributed by atoms with E-state index < -0.39 is 33.1 Å². The van der Waals surface area contributed by atoms with Crippen molar-refractivity contribution in [1.82, 2.24) is 24.1 Å². The molecule has 0 spiro atoms. The highest BCUT2D eigenvalue weighted by molar-refractivity contribution is 7.85. The standard InChI is InChI=1S/C32H25F2N5O3.CH4O3S/c1-19-31(32(41)39(38(19)3)24-9-7-23(33)8-10-24)28(40)14-20-6-11-29(26(34)13-20)42-30-15-22-18-36-37(2)27(22)16-25(30)21-5-4-12-35-17-21;1-5(2,3)4/h4-13,15-18H,14H2,1-3H3;1H3,(H,2,3,4). The number of pyridine rings is 1. The highest BCUT2D eigenvalue weighted by atomic mass is 32.2. The summed E-state index contributed by atoms with van der Waals surface area (Å²) < 4.78 is 65.3. The predicted octanol–water partition coefficient (Wildman–Crippen LogP) is 5.43. The van der Waals surface area contributed by atoms with E-state index in [0.29, 0.717) is 29.0 Å². The summed E-state index contributed by atoms with van der Waals surface area (Å²) in [5.41, 5.74) is 3.12. The van der Waals surface area contributed by atoms with Crippen molar-refractivity contribution in [2.45, 2.75) is 13.3 Å². The Hall–Kier alpha value is -5.47.